The van der Waals surface area contributed by atoms with E-state index in [4.69, 9.17) is 0 Å². The molecule has 0 aliphatic heterocycles. The number of amides is 1. The Hall–Kier alpha value is -1.06. The third kappa shape index (κ3) is 4.21. The highest BCUT2D eigenvalue weighted by Gasteiger charge is 2.37. The molecule has 4 nitrogen and oxygen atoms in total. The molecule has 1 atom stereocenters. The van der Waals surface area contributed by atoms with E-state index >= 15 is 0 Å². The number of hydrogen-bond donors (Lipinski definition) is 1. The Labute approximate surface area is 96.7 Å². The largest absolute Gasteiger partial charge is 0.467 e. The molecule has 1 amide bonds. The van der Waals surface area contributed by atoms with Gasteiger partial charge >= 0.3 is 5.97 Å². The van der Waals surface area contributed by atoms with Gasteiger partial charge in [0, 0.05) is 6.42 Å². The lowest BCUT2D eigenvalue weighted by molar-refractivity contribution is -0.145. The molecule has 0 heterocycles. The number of ether oxygens (including phenoxy) is 1. The van der Waals surface area contributed by atoms with Crippen molar-refractivity contribution in [3.05, 3.63) is 0 Å². The first-order valence-electron chi connectivity index (χ1n) is 6.06. The zero-order valence-electron chi connectivity index (χ0n) is 10.1. The maximum atomic E-state index is 11.6. The molecule has 1 aliphatic rings. The van der Waals surface area contributed by atoms with Gasteiger partial charge in [-0.05, 0) is 25.2 Å². The lowest BCUT2D eigenvalue weighted by Crippen LogP contribution is -2.43. The van der Waals surface area contributed by atoms with Crippen LogP contribution in [0.2, 0.25) is 0 Å². The van der Waals surface area contributed by atoms with E-state index in [-0.39, 0.29) is 11.9 Å². The van der Waals surface area contributed by atoms with Gasteiger partial charge in [-0.1, -0.05) is 19.8 Å². The second kappa shape index (κ2) is 6.51. The van der Waals surface area contributed by atoms with Gasteiger partial charge in [-0.2, -0.15) is 0 Å². The van der Waals surface area contributed by atoms with Gasteiger partial charge in [0.2, 0.25) is 5.91 Å². The molecule has 0 bridgehead atoms. The summed E-state index contributed by atoms with van der Waals surface area (Å²) in [6.07, 6.45) is 5.56. The summed E-state index contributed by atoms with van der Waals surface area (Å²) in [5.41, 5.74) is 0. The first-order chi connectivity index (χ1) is 7.69. The molecule has 1 saturated carbocycles. The molecule has 1 rings (SSSR count). The summed E-state index contributed by atoms with van der Waals surface area (Å²) in [5.74, 6) is -0.0512. The number of unbranched alkanes of at least 4 members (excludes halogenated alkanes) is 2. The number of hydrogen-bond acceptors (Lipinski definition) is 3. The molecule has 4 heteroatoms. The molecular weight excluding hydrogens is 206 g/mol. The fourth-order valence-electron chi connectivity index (χ4n) is 1.71. The van der Waals surface area contributed by atoms with Gasteiger partial charge in [0.25, 0.3) is 0 Å². The quantitative estimate of drug-likeness (QED) is 0.531. The lowest BCUT2D eigenvalue weighted by Gasteiger charge is -2.15. The Morgan fingerprint density at radius 2 is 2.06 bits per heavy atom. The molecule has 0 saturated heterocycles. The van der Waals surface area contributed by atoms with Crippen molar-refractivity contribution in [1.82, 2.24) is 5.32 Å². The second-order valence-electron chi connectivity index (χ2n) is 4.36. The van der Waals surface area contributed by atoms with E-state index in [9.17, 15) is 9.59 Å². The average molecular weight is 227 g/mol. The Balaban J connectivity index is 2.30. The minimum absolute atomic E-state index is 0.0317. The van der Waals surface area contributed by atoms with Crippen molar-refractivity contribution < 1.29 is 14.3 Å². The minimum Gasteiger partial charge on any atom is -0.467 e. The summed E-state index contributed by atoms with van der Waals surface area (Å²) in [6.45, 7) is 2.10. The third-order valence-corrected chi connectivity index (χ3v) is 2.87. The zero-order valence-corrected chi connectivity index (χ0v) is 10.1. The van der Waals surface area contributed by atoms with Crippen LogP contribution in [0.15, 0.2) is 0 Å². The summed E-state index contributed by atoms with van der Waals surface area (Å²) >= 11 is 0. The van der Waals surface area contributed by atoms with Gasteiger partial charge in [0.15, 0.2) is 0 Å². The van der Waals surface area contributed by atoms with E-state index in [0.717, 1.165) is 32.1 Å². The fraction of sp³-hybridized carbons (Fsp3) is 0.833. The molecule has 0 aromatic carbocycles. The lowest BCUT2D eigenvalue weighted by atomic mass is 10.1. The van der Waals surface area contributed by atoms with Gasteiger partial charge in [-0.25, -0.2) is 4.79 Å². The van der Waals surface area contributed by atoms with E-state index < -0.39 is 6.04 Å². The van der Waals surface area contributed by atoms with Crippen molar-refractivity contribution in [2.24, 2.45) is 5.92 Å². The van der Waals surface area contributed by atoms with Crippen molar-refractivity contribution in [3.8, 4) is 0 Å². The Morgan fingerprint density at radius 3 is 2.56 bits per heavy atom. The Morgan fingerprint density at radius 1 is 1.38 bits per heavy atom. The van der Waals surface area contributed by atoms with E-state index in [1.54, 1.807) is 0 Å². The SMILES string of the molecule is CCCCCC(=O)N[C@@H](C(=O)OC)C1CC1. The predicted octanol–water partition coefficient (Wildman–Crippen LogP) is 1.63. The van der Waals surface area contributed by atoms with Crippen LogP contribution in [0, 0.1) is 5.92 Å². The van der Waals surface area contributed by atoms with Gasteiger partial charge in [-0.3, -0.25) is 4.79 Å². The number of esters is 1. The van der Waals surface area contributed by atoms with Crippen LogP contribution < -0.4 is 5.32 Å². The third-order valence-electron chi connectivity index (χ3n) is 2.87. The molecule has 92 valence electrons. The summed E-state index contributed by atoms with van der Waals surface area (Å²) in [6, 6.07) is -0.417. The van der Waals surface area contributed by atoms with E-state index in [0.29, 0.717) is 12.3 Å². The maximum Gasteiger partial charge on any atom is 0.328 e. The zero-order chi connectivity index (χ0) is 12.0. The first-order valence-corrected chi connectivity index (χ1v) is 6.06. The maximum absolute atomic E-state index is 11.6. The van der Waals surface area contributed by atoms with Crippen molar-refractivity contribution in [2.75, 3.05) is 7.11 Å². The van der Waals surface area contributed by atoms with E-state index in [1.165, 1.54) is 7.11 Å². The first kappa shape index (κ1) is 13.0. The standard InChI is InChI=1S/C12H21NO3/c1-3-4-5-6-10(14)13-11(9-7-8-9)12(15)16-2/h9,11H,3-8H2,1-2H3,(H,13,14)/t11-/m1/s1. The number of carbonyl (C=O) groups excluding carboxylic acids is 2. The molecule has 0 unspecified atom stereocenters. The van der Waals surface area contributed by atoms with Gasteiger partial charge in [0.05, 0.1) is 7.11 Å². The van der Waals surface area contributed by atoms with E-state index in [2.05, 4.69) is 17.0 Å². The van der Waals surface area contributed by atoms with Crippen LogP contribution in [0.4, 0.5) is 0 Å². The molecular formula is C12H21NO3. The van der Waals surface area contributed by atoms with Crippen LogP contribution >= 0.6 is 0 Å². The Bertz CT molecular complexity index is 249. The highest BCUT2D eigenvalue weighted by Crippen LogP contribution is 2.33. The molecule has 1 N–H and O–H groups in total. The fourth-order valence-corrected chi connectivity index (χ4v) is 1.71. The van der Waals surface area contributed by atoms with Crippen LogP contribution in [0.1, 0.15) is 45.4 Å². The summed E-state index contributed by atoms with van der Waals surface area (Å²) in [5, 5.41) is 2.78. The van der Waals surface area contributed by atoms with Crippen molar-refractivity contribution in [3.63, 3.8) is 0 Å². The normalized spacial score (nSPS) is 16.6. The molecule has 0 radical (unpaired) electrons. The number of rotatable bonds is 7. The molecule has 16 heavy (non-hydrogen) atoms. The van der Waals surface area contributed by atoms with Gasteiger partial charge < -0.3 is 10.1 Å². The molecule has 0 spiro atoms. The van der Waals surface area contributed by atoms with Crippen molar-refractivity contribution in [2.45, 2.75) is 51.5 Å². The number of carbonyl (C=O) groups is 2. The summed E-state index contributed by atoms with van der Waals surface area (Å²) in [7, 11) is 1.36. The second-order valence-corrected chi connectivity index (χ2v) is 4.36. The van der Waals surface area contributed by atoms with Crippen molar-refractivity contribution >= 4 is 11.9 Å². The number of nitrogens with one attached hydrogen (secondary N) is 1. The van der Waals surface area contributed by atoms with Crippen LogP contribution in [-0.2, 0) is 14.3 Å². The van der Waals surface area contributed by atoms with Crippen molar-refractivity contribution in [1.29, 1.82) is 0 Å². The minimum atomic E-state index is -0.417. The smallest absolute Gasteiger partial charge is 0.328 e. The molecule has 0 aromatic rings. The summed E-state index contributed by atoms with van der Waals surface area (Å²) in [4.78, 5) is 23.0. The monoisotopic (exact) mass is 227 g/mol. The van der Waals surface area contributed by atoms with Crippen LogP contribution in [-0.4, -0.2) is 25.0 Å². The highest BCUT2D eigenvalue weighted by atomic mass is 16.5. The highest BCUT2D eigenvalue weighted by molar-refractivity contribution is 5.84. The topological polar surface area (TPSA) is 55.4 Å². The molecule has 1 aliphatic carbocycles. The summed E-state index contributed by atoms with van der Waals surface area (Å²) < 4.78 is 4.69. The predicted molar refractivity (Wildman–Crippen MR) is 60.8 cm³/mol. The van der Waals surface area contributed by atoms with Crippen LogP contribution in [0.5, 0.6) is 0 Å². The van der Waals surface area contributed by atoms with Gasteiger partial charge in [0.1, 0.15) is 6.04 Å². The average Bonchev–Trinajstić information content (AvgIpc) is 3.09. The van der Waals surface area contributed by atoms with Crippen LogP contribution in [0.3, 0.4) is 0 Å². The number of methoxy groups -OCH3 is 1. The van der Waals surface area contributed by atoms with Gasteiger partial charge in [-0.15, -0.1) is 0 Å². The van der Waals surface area contributed by atoms with Crippen LogP contribution in [0.25, 0.3) is 0 Å². The molecule has 0 aromatic heterocycles. The van der Waals surface area contributed by atoms with E-state index in [1.807, 2.05) is 0 Å². The Kier molecular flexibility index (Phi) is 5.29. The molecule has 1 fully saturated rings.